The lowest BCUT2D eigenvalue weighted by molar-refractivity contribution is 0.671. The molecule has 342 valence electrons. The Hall–Kier alpha value is -9.70. The van der Waals surface area contributed by atoms with E-state index >= 15 is 0 Å². The normalized spacial score (nSPS) is 11.6. The van der Waals surface area contributed by atoms with Gasteiger partial charge in [-0.05, 0) is 128 Å². The van der Waals surface area contributed by atoms with Gasteiger partial charge in [0.05, 0.1) is 11.0 Å². The van der Waals surface area contributed by atoms with E-state index in [0.29, 0.717) is 0 Å². The zero-order chi connectivity index (χ0) is 48.2. The molecule has 0 aliphatic heterocycles. The Balaban J connectivity index is 0.828. The summed E-state index contributed by atoms with van der Waals surface area (Å²) in [5.41, 5.74) is 20.0. The molecule has 0 atom stereocenters. The summed E-state index contributed by atoms with van der Waals surface area (Å²) in [6.45, 7) is 0. The molecule has 3 heteroatoms. The summed E-state index contributed by atoms with van der Waals surface area (Å²) >= 11 is 0. The van der Waals surface area contributed by atoms with E-state index in [9.17, 15) is 0 Å². The number of nitrogens with zero attached hydrogens (tertiary/aromatic N) is 2. The zero-order valence-electron chi connectivity index (χ0n) is 39.9. The summed E-state index contributed by atoms with van der Waals surface area (Å²) in [6, 6.07) is 101. The van der Waals surface area contributed by atoms with Gasteiger partial charge in [-0.1, -0.05) is 206 Å². The average Bonchev–Trinajstić information content (AvgIpc) is 4.03. The molecule has 0 saturated heterocycles. The molecule has 3 nitrogen and oxygen atoms in total. The van der Waals surface area contributed by atoms with Gasteiger partial charge in [0.1, 0.15) is 11.2 Å². The molecule has 0 N–H and O–H groups in total. The van der Waals surface area contributed by atoms with Crippen LogP contribution >= 0.6 is 0 Å². The highest BCUT2D eigenvalue weighted by atomic mass is 16.3. The summed E-state index contributed by atoms with van der Waals surface area (Å²) in [4.78, 5) is 2.35. The smallest absolute Gasteiger partial charge is 0.143 e. The van der Waals surface area contributed by atoms with Crippen molar-refractivity contribution >= 4 is 71.6 Å². The number of aromatic nitrogens is 1. The number of anilines is 3. The van der Waals surface area contributed by atoms with Gasteiger partial charge in [-0.3, -0.25) is 0 Å². The van der Waals surface area contributed by atoms with E-state index in [2.05, 4.69) is 289 Å². The number of furan rings is 1. The van der Waals surface area contributed by atoms with Gasteiger partial charge in [0, 0.05) is 55.4 Å². The Labute approximate surface area is 423 Å². The minimum Gasteiger partial charge on any atom is -0.455 e. The second kappa shape index (κ2) is 17.6. The van der Waals surface area contributed by atoms with Crippen molar-refractivity contribution in [1.82, 2.24) is 4.57 Å². The minimum absolute atomic E-state index is 0.901. The van der Waals surface area contributed by atoms with Crippen LogP contribution in [-0.4, -0.2) is 4.57 Å². The second-order valence-electron chi connectivity index (χ2n) is 18.8. The summed E-state index contributed by atoms with van der Waals surface area (Å²) in [7, 11) is 0. The number of hydrogen-bond acceptors (Lipinski definition) is 2. The third kappa shape index (κ3) is 7.37. The fraction of sp³-hybridized carbons (Fsp3) is 0. The molecule has 0 aliphatic rings. The van der Waals surface area contributed by atoms with E-state index in [1.165, 1.54) is 49.3 Å². The van der Waals surface area contributed by atoms with Crippen LogP contribution in [0, 0.1) is 0 Å². The van der Waals surface area contributed by atoms with Crippen LogP contribution < -0.4 is 4.90 Å². The van der Waals surface area contributed by atoms with Crippen LogP contribution in [0.15, 0.2) is 283 Å². The maximum Gasteiger partial charge on any atom is 0.143 e. The van der Waals surface area contributed by atoms with Crippen LogP contribution in [0.2, 0.25) is 0 Å². The number of rotatable bonds is 9. The highest BCUT2D eigenvalue weighted by Gasteiger charge is 2.19. The lowest BCUT2D eigenvalue weighted by atomic mass is 9.97. The van der Waals surface area contributed by atoms with Crippen LogP contribution in [-0.2, 0) is 0 Å². The monoisotopic (exact) mass is 930 g/mol. The molecule has 12 aromatic carbocycles. The van der Waals surface area contributed by atoms with E-state index in [1.54, 1.807) is 0 Å². The molecule has 2 heterocycles. The molecule has 0 amide bonds. The molecule has 2 aromatic heterocycles. The number of hydrogen-bond donors (Lipinski definition) is 0. The van der Waals surface area contributed by atoms with E-state index in [0.717, 1.165) is 83.6 Å². The van der Waals surface area contributed by atoms with Crippen molar-refractivity contribution in [2.24, 2.45) is 0 Å². The fourth-order valence-electron chi connectivity index (χ4n) is 11.1. The molecule has 14 aromatic rings. The molecule has 73 heavy (non-hydrogen) atoms. The highest BCUT2D eigenvalue weighted by Crippen LogP contribution is 2.43. The molecule has 0 saturated carbocycles. The standard InChI is InChI=1S/C70H46N2O/c1-4-15-47(16-5-1)48-29-37-57(38-30-48)71(59-41-33-50(34-42-59)54-36-43-66-65(46-54)68-60-24-11-10-19-52(60)35-44-67(68)72(66)56-22-8-3-9-23-56)58-39-31-49(32-40-58)53-20-12-21-55(45-53)62-26-14-28-64-63-27-13-25-61(69(63)73-70(62)64)51-17-6-2-7-18-51/h1-46H. The Bertz CT molecular complexity index is 4330. The Morgan fingerprint density at radius 3 is 1.34 bits per heavy atom. The summed E-state index contributed by atoms with van der Waals surface area (Å²) < 4.78 is 9.22. The third-order valence-corrected chi connectivity index (χ3v) is 14.6. The quantitative estimate of drug-likeness (QED) is 0.144. The van der Waals surface area contributed by atoms with E-state index in [-0.39, 0.29) is 0 Å². The van der Waals surface area contributed by atoms with Gasteiger partial charge in [0.25, 0.3) is 0 Å². The molecule has 0 aliphatic carbocycles. The summed E-state index contributed by atoms with van der Waals surface area (Å²) in [5, 5.41) is 7.26. The second-order valence-corrected chi connectivity index (χ2v) is 18.8. The van der Waals surface area contributed by atoms with Crippen LogP contribution in [0.1, 0.15) is 0 Å². The van der Waals surface area contributed by atoms with Crippen molar-refractivity contribution in [3.63, 3.8) is 0 Å². The predicted octanol–water partition coefficient (Wildman–Crippen LogP) is 19.6. The first-order valence-corrected chi connectivity index (χ1v) is 25.0. The highest BCUT2D eigenvalue weighted by molar-refractivity contribution is 6.22. The van der Waals surface area contributed by atoms with Gasteiger partial charge in [-0.2, -0.15) is 0 Å². The molecule has 0 radical (unpaired) electrons. The molecule has 0 fully saturated rings. The van der Waals surface area contributed by atoms with Gasteiger partial charge in [-0.25, -0.2) is 0 Å². The molecule has 0 unspecified atom stereocenters. The van der Waals surface area contributed by atoms with Crippen LogP contribution in [0.5, 0.6) is 0 Å². The minimum atomic E-state index is 0.901. The van der Waals surface area contributed by atoms with Crippen LogP contribution in [0.25, 0.3) is 116 Å². The predicted molar refractivity (Wildman–Crippen MR) is 307 cm³/mol. The lowest BCUT2D eigenvalue weighted by Crippen LogP contribution is -2.09. The molecule has 0 bridgehead atoms. The fourth-order valence-corrected chi connectivity index (χ4v) is 11.1. The van der Waals surface area contributed by atoms with Crippen molar-refractivity contribution < 1.29 is 4.42 Å². The largest absolute Gasteiger partial charge is 0.455 e. The van der Waals surface area contributed by atoms with Crippen molar-refractivity contribution in [2.45, 2.75) is 0 Å². The zero-order valence-corrected chi connectivity index (χ0v) is 39.9. The number of para-hydroxylation sites is 3. The first-order chi connectivity index (χ1) is 36.2. The summed E-state index contributed by atoms with van der Waals surface area (Å²) in [6.07, 6.45) is 0. The molecule has 14 rings (SSSR count). The van der Waals surface area contributed by atoms with Crippen molar-refractivity contribution in [2.75, 3.05) is 4.90 Å². The Kier molecular flexibility index (Phi) is 10.2. The SMILES string of the molecule is c1ccc(-c2ccc(N(c3ccc(-c4cccc(-c5cccc6c5oc5c(-c7ccccc7)cccc56)c4)cc3)c3ccc(-c4ccc5c(c4)c4c6ccccc6ccc4n5-c4ccccc4)cc3)cc2)cc1. The van der Waals surface area contributed by atoms with Gasteiger partial charge in [0.2, 0.25) is 0 Å². The summed E-state index contributed by atoms with van der Waals surface area (Å²) in [5.74, 6) is 0. The molecule has 0 spiro atoms. The first-order valence-electron chi connectivity index (χ1n) is 25.0. The van der Waals surface area contributed by atoms with Gasteiger partial charge in [0.15, 0.2) is 0 Å². The molecular weight excluding hydrogens is 885 g/mol. The van der Waals surface area contributed by atoms with E-state index in [1.807, 2.05) is 0 Å². The first kappa shape index (κ1) is 42.2. The van der Waals surface area contributed by atoms with Gasteiger partial charge < -0.3 is 13.9 Å². The van der Waals surface area contributed by atoms with Gasteiger partial charge in [-0.15, -0.1) is 0 Å². The van der Waals surface area contributed by atoms with Gasteiger partial charge >= 0.3 is 0 Å². The number of fused-ring (bicyclic) bond motifs is 8. The molecular formula is C70H46N2O. The van der Waals surface area contributed by atoms with Crippen molar-refractivity contribution in [1.29, 1.82) is 0 Å². The van der Waals surface area contributed by atoms with E-state index < -0.39 is 0 Å². The number of benzene rings is 12. The maximum absolute atomic E-state index is 6.82. The van der Waals surface area contributed by atoms with Crippen LogP contribution in [0.4, 0.5) is 17.1 Å². The van der Waals surface area contributed by atoms with Crippen LogP contribution in [0.3, 0.4) is 0 Å². The Morgan fingerprint density at radius 1 is 0.274 bits per heavy atom. The Morgan fingerprint density at radius 2 is 0.712 bits per heavy atom. The third-order valence-electron chi connectivity index (χ3n) is 14.6. The lowest BCUT2D eigenvalue weighted by Gasteiger charge is -2.26. The van der Waals surface area contributed by atoms with E-state index in [4.69, 9.17) is 4.42 Å². The van der Waals surface area contributed by atoms with Crippen molar-refractivity contribution in [3.8, 4) is 61.3 Å². The maximum atomic E-state index is 6.82. The topological polar surface area (TPSA) is 21.3 Å². The van der Waals surface area contributed by atoms with Crippen molar-refractivity contribution in [3.05, 3.63) is 279 Å². The average molecular weight is 931 g/mol.